The number of nitrogens with zero attached hydrogens (tertiary/aromatic N) is 1. The van der Waals surface area contributed by atoms with Crippen molar-refractivity contribution in [2.75, 3.05) is 26.7 Å². The maximum Gasteiger partial charge on any atom is 0.149 e. The Kier molecular flexibility index (Phi) is 4.36. The average molecular weight is 225 g/mol. The monoisotopic (exact) mass is 225 g/mol. The smallest absolute Gasteiger partial charge is 0.149 e. The Morgan fingerprint density at radius 1 is 1.25 bits per heavy atom. The molecule has 0 aromatic rings. The van der Waals surface area contributed by atoms with Gasteiger partial charge in [-0.2, -0.15) is 0 Å². The zero-order valence-corrected chi connectivity index (χ0v) is 10.3. The van der Waals surface area contributed by atoms with Gasteiger partial charge >= 0.3 is 0 Å². The minimum Gasteiger partial charge on any atom is -0.377 e. The third kappa shape index (κ3) is 3.29. The number of carbonyl (C=O) groups excluding carboxylic acids is 1. The second-order valence-corrected chi connectivity index (χ2v) is 5.28. The minimum absolute atomic E-state index is 0.354. The summed E-state index contributed by atoms with van der Waals surface area (Å²) in [5, 5.41) is 0. The molecule has 0 bridgehead atoms. The molecule has 2 rings (SSSR count). The quantitative estimate of drug-likeness (QED) is 0.715. The maximum absolute atomic E-state index is 11.9. The number of likely N-dealkylation sites (N-methyl/N-ethyl adjacent to an activating group) is 1. The van der Waals surface area contributed by atoms with Gasteiger partial charge in [-0.05, 0) is 32.7 Å². The van der Waals surface area contributed by atoms with E-state index in [1.807, 2.05) is 7.05 Å². The summed E-state index contributed by atoms with van der Waals surface area (Å²) in [6.07, 6.45) is 7.41. The summed E-state index contributed by atoms with van der Waals surface area (Å²) < 4.78 is 5.58. The van der Waals surface area contributed by atoms with Crippen molar-refractivity contribution in [3.8, 4) is 0 Å². The van der Waals surface area contributed by atoms with Crippen molar-refractivity contribution in [1.82, 2.24) is 4.90 Å². The molecule has 1 saturated heterocycles. The van der Waals surface area contributed by atoms with Crippen molar-refractivity contribution in [2.45, 2.75) is 44.6 Å². The topological polar surface area (TPSA) is 29.5 Å². The molecular weight excluding hydrogens is 202 g/mol. The summed E-state index contributed by atoms with van der Waals surface area (Å²) >= 11 is 0. The SMILES string of the molecule is CN(CC(=O)C1CCCC1)CC1CCCO1. The number of hydrogen-bond acceptors (Lipinski definition) is 3. The summed E-state index contributed by atoms with van der Waals surface area (Å²) in [6, 6.07) is 0. The fourth-order valence-corrected chi connectivity index (χ4v) is 2.84. The summed E-state index contributed by atoms with van der Waals surface area (Å²) in [7, 11) is 2.04. The molecular formula is C13H23NO2. The molecule has 92 valence electrons. The van der Waals surface area contributed by atoms with Gasteiger partial charge in [0.25, 0.3) is 0 Å². The second-order valence-electron chi connectivity index (χ2n) is 5.28. The molecule has 2 aliphatic rings. The van der Waals surface area contributed by atoms with Crippen molar-refractivity contribution >= 4 is 5.78 Å². The van der Waals surface area contributed by atoms with Gasteiger partial charge in [0.05, 0.1) is 12.6 Å². The third-order valence-corrected chi connectivity index (χ3v) is 3.78. The highest BCUT2D eigenvalue weighted by Gasteiger charge is 2.24. The molecule has 0 aromatic heterocycles. The molecule has 3 heteroatoms. The van der Waals surface area contributed by atoms with Gasteiger partial charge in [-0.15, -0.1) is 0 Å². The van der Waals surface area contributed by atoms with E-state index in [2.05, 4.69) is 4.90 Å². The highest BCUT2D eigenvalue weighted by molar-refractivity contribution is 5.83. The van der Waals surface area contributed by atoms with E-state index >= 15 is 0 Å². The van der Waals surface area contributed by atoms with E-state index in [0.29, 0.717) is 24.3 Å². The van der Waals surface area contributed by atoms with Gasteiger partial charge in [-0.1, -0.05) is 12.8 Å². The highest BCUT2D eigenvalue weighted by Crippen LogP contribution is 2.25. The number of carbonyl (C=O) groups is 1. The number of Topliss-reactive ketones (excluding diaryl/α,β-unsaturated/α-hetero) is 1. The van der Waals surface area contributed by atoms with E-state index in [4.69, 9.17) is 4.74 Å². The van der Waals surface area contributed by atoms with Crippen LogP contribution >= 0.6 is 0 Å². The number of ketones is 1. The van der Waals surface area contributed by atoms with Crippen molar-refractivity contribution in [3.63, 3.8) is 0 Å². The van der Waals surface area contributed by atoms with Crippen molar-refractivity contribution in [2.24, 2.45) is 5.92 Å². The zero-order valence-electron chi connectivity index (χ0n) is 10.3. The van der Waals surface area contributed by atoms with E-state index in [-0.39, 0.29) is 0 Å². The fraction of sp³-hybridized carbons (Fsp3) is 0.923. The summed E-state index contributed by atoms with van der Waals surface area (Å²) in [6.45, 7) is 2.43. The summed E-state index contributed by atoms with van der Waals surface area (Å²) in [4.78, 5) is 14.1. The van der Waals surface area contributed by atoms with E-state index < -0.39 is 0 Å². The van der Waals surface area contributed by atoms with E-state index in [0.717, 1.165) is 32.4 Å². The van der Waals surface area contributed by atoms with Gasteiger partial charge in [-0.3, -0.25) is 9.69 Å². The Bertz CT molecular complexity index is 230. The van der Waals surface area contributed by atoms with Gasteiger partial charge in [0.15, 0.2) is 0 Å². The lowest BCUT2D eigenvalue weighted by Gasteiger charge is -2.21. The van der Waals surface area contributed by atoms with Gasteiger partial charge in [0.1, 0.15) is 5.78 Å². The maximum atomic E-state index is 11.9. The van der Waals surface area contributed by atoms with Crippen LogP contribution in [0, 0.1) is 5.92 Å². The Hall–Kier alpha value is -0.410. The third-order valence-electron chi connectivity index (χ3n) is 3.78. The average Bonchev–Trinajstić information content (AvgIpc) is 2.88. The fourth-order valence-electron chi connectivity index (χ4n) is 2.84. The standard InChI is InChI=1S/C13H23NO2/c1-14(9-12-7-4-8-16-12)10-13(15)11-5-2-3-6-11/h11-12H,2-10H2,1H3. The first-order valence-electron chi connectivity index (χ1n) is 6.58. The van der Waals surface area contributed by atoms with Gasteiger partial charge in [0, 0.05) is 19.1 Å². The van der Waals surface area contributed by atoms with Crippen LogP contribution < -0.4 is 0 Å². The Balaban J connectivity index is 1.68. The Labute approximate surface area is 98.1 Å². The van der Waals surface area contributed by atoms with Crippen molar-refractivity contribution < 1.29 is 9.53 Å². The first kappa shape index (κ1) is 12.1. The molecule has 0 aromatic carbocycles. The summed E-state index contributed by atoms with van der Waals surface area (Å²) in [5.41, 5.74) is 0. The molecule has 1 heterocycles. The van der Waals surface area contributed by atoms with Crippen LogP contribution in [0.1, 0.15) is 38.5 Å². The lowest BCUT2D eigenvalue weighted by atomic mass is 10.0. The Morgan fingerprint density at radius 2 is 2.00 bits per heavy atom. The molecule has 3 nitrogen and oxygen atoms in total. The van der Waals surface area contributed by atoms with Crippen LogP contribution in [0.3, 0.4) is 0 Å². The van der Waals surface area contributed by atoms with Crippen LogP contribution in [0.4, 0.5) is 0 Å². The number of hydrogen-bond donors (Lipinski definition) is 0. The van der Waals surface area contributed by atoms with E-state index in [1.54, 1.807) is 0 Å². The molecule has 0 spiro atoms. The van der Waals surface area contributed by atoms with Crippen LogP contribution in [0.25, 0.3) is 0 Å². The lowest BCUT2D eigenvalue weighted by Crippen LogP contribution is -2.35. The zero-order chi connectivity index (χ0) is 11.4. The van der Waals surface area contributed by atoms with Crippen molar-refractivity contribution in [1.29, 1.82) is 0 Å². The minimum atomic E-state index is 0.354. The van der Waals surface area contributed by atoms with Crippen LogP contribution in [0.2, 0.25) is 0 Å². The first-order valence-corrected chi connectivity index (χ1v) is 6.58. The highest BCUT2D eigenvalue weighted by atomic mass is 16.5. The molecule has 0 amide bonds. The molecule has 1 saturated carbocycles. The predicted octanol–water partition coefficient (Wildman–Crippen LogP) is 1.86. The first-order chi connectivity index (χ1) is 7.75. The largest absolute Gasteiger partial charge is 0.377 e. The van der Waals surface area contributed by atoms with Crippen LogP contribution in [-0.2, 0) is 9.53 Å². The van der Waals surface area contributed by atoms with E-state index in [9.17, 15) is 4.79 Å². The molecule has 1 aliphatic carbocycles. The lowest BCUT2D eigenvalue weighted by molar-refractivity contribution is -0.123. The van der Waals surface area contributed by atoms with Crippen LogP contribution in [-0.4, -0.2) is 43.5 Å². The number of rotatable bonds is 5. The molecule has 1 atom stereocenters. The van der Waals surface area contributed by atoms with Crippen molar-refractivity contribution in [3.05, 3.63) is 0 Å². The normalized spacial score (nSPS) is 26.8. The molecule has 1 aliphatic heterocycles. The van der Waals surface area contributed by atoms with Crippen LogP contribution in [0.5, 0.6) is 0 Å². The van der Waals surface area contributed by atoms with Gasteiger partial charge in [0.2, 0.25) is 0 Å². The van der Waals surface area contributed by atoms with Gasteiger partial charge < -0.3 is 4.74 Å². The molecule has 2 fully saturated rings. The molecule has 1 unspecified atom stereocenters. The molecule has 0 radical (unpaired) electrons. The van der Waals surface area contributed by atoms with Crippen LogP contribution in [0.15, 0.2) is 0 Å². The van der Waals surface area contributed by atoms with Gasteiger partial charge in [-0.25, -0.2) is 0 Å². The molecule has 0 N–H and O–H groups in total. The molecule has 16 heavy (non-hydrogen) atoms. The second kappa shape index (κ2) is 5.78. The Morgan fingerprint density at radius 3 is 2.62 bits per heavy atom. The summed E-state index contributed by atoms with van der Waals surface area (Å²) in [5.74, 6) is 0.796. The predicted molar refractivity (Wildman–Crippen MR) is 63.4 cm³/mol. The number of ether oxygens (including phenoxy) is 1. The van der Waals surface area contributed by atoms with E-state index in [1.165, 1.54) is 19.3 Å².